The van der Waals surface area contributed by atoms with E-state index in [2.05, 4.69) is 27.7 Å². The van der Waals surface area contributed by atoms with Crippen LogP contribution in [0.5, 0.6) is 0 Å². The van der Waals surface area contributed by atoms with Crippen molar-refractivity contribution in [2.24, 2.45) is 5.92 Å². The van der Waals surface area contributed by atoms with Gasteiger partial charge in [0.15, 0.2) is 6.10 Å². The van der Waals surface area contributed by atoms with Crippen molar-refractivity contribution < 1.29 is 28.6 Å². The zero-order valence-electron chi connectivity index (χ0n) is 44.5. The van der Waals surface area contributed by atoms with Crippen LogP contribution < -0.4 is 0 Å². The second-order valence-corrected chi connectivity index (χ2v) is 20.5. The molecule has 0 saturated heterocycles. The summed E-state index contributed by atoms with van der Waals surface area (Å²) in [5.41, 5.74) is 0. The lowest BCUT2D eigenvalue weighted by atomic mass is 9.99. The van der Waals surface area contributed by atoms with Crippen LogP contribution in [-0.2, 0) is 28.6 Å². The summed E-state index contributed by atoms with van der Waals surface area (Å²) in [6.07, 6.45) is 58.1. The van der Waals surface area contributed by atoms with Crippen LogP contribution in [0.25, 0.3) is 0 Å². The molecule has 0 amide bonds. The van der Waals surface area contributed by atoms with Crippen molar-refractivity contribution in [1.82, 2.24) is 0 Å². The van der Waals surface area contributed by atoms with Gasteiger partial charge in [-0.05, 0) is 25.2 Å². The van der Waals surface area contributed by atoms with Gasteiger partial charge in [-0.25, -0.2) is 0 Å². The molecule has 1 unspecified atom stereocenters. The zero-order chi connectivity index (χ0) is 47.4. The van der Waals surface area contributed by atoms with Crippen molar-refractivity contribution in [3.63, 3.8) is 0 Å². The third-order valence-corrected chi connectivity index (χ3v) is 13.9. The molecule has 0 bridgehead atoms. The van der Waals surface area contributed by atoms with E-state index in [1.165, 1.54) is 231 Å². The molecule has 6 heteroatoms. The number of rotatable bonds is 54. The van der Waals surface area contributed by atoms with Crippen LogP contribution in [0.4, 0.5) is 0 Å². The van der Waals surface area contributed by atoms with E-state index in [0.29, 0.717) is 19.3 Å². The summed E-state index contributed by atoms with van der Waals surface area (Å²) in [5.74, 6) is 0.0110. The SMILES string of the molecule is CCCCCCCCCCCCCCCCCCCCCC(=O)OC[C@@H](COC(=O)CCCCCCCCCCC(C)CC)OC(=O)CCCCCCCCCCCCCCCCCC. The predicted molar refractivity (Wildman–Crippen MR) is 280 cm³/mol. The Hall–Kier alpha value is -1.59. The molecule has 0 saturated carbocycles. The molecule has 6 nitrogen and oxygen atoms in total. The summed E-state index contributed by atoms with van der Waals surface area (Å²) in [6, 6.07) is 0. The largest absolute Gasteiger partial charge is 0.462 e. The Bertz CT molecular complexity index is 982. The molecule has 0 aliphatic carbocycles. The van der Waals surface area contributed by atoms with Crippen molar-refractivity contribution in [3.05, 3.63) is 0 Å². The molecule has 0 rings (SSSR count). The fourth-order valence-corrected chi connectivity index (χ4v) is 9.07. The van der Waals surface area contributed by atoms with E-state index in [4.69, 9.17) is 14.2 Å². The van der Waals surface area contributed by atoms with Gasteiger partial charge in [0, 0.05) is 19.3 Å². The van der Waals surface area contributed by atoms with Crippen LogP contribution in [-0.4, -0.2) is 37.2 Å². The van der Waals surface area contributed by atoms with E-state index in [0.717, 1.165) is 63.7 Å². The summed E-state index contributed by atoms with van der Waals surface area (Å²) in [6.45, 7) is 9.06. The van der Waals surface area contributed by atoms with Gasteiger partial charge in [-0.3, -0.25) is 14.4 Å². The average Bonchev–Trinajstić information content (AvgIpc) is 3.30. The smallest absolute Gasteiger partial charge is 0.306 e. The van der Waals surface area contributed by atoms with Gasteiger partial charge in [-0.15, -0.1) is 0 Å². The maximum Gasteiger partial charge on any atom is 0.306 e. The molecule has 2 atom stereocenters. The lowest BCUT2D eigenvalue weighted by molar-refractivity contribution is -0.167. The van der Waals surface area contributed by atoms with Crippen molar-refractivity contribution >= 4 is 17.9 Å². The maximum absolute atomic E-state index is 12.8. The third kappa shape index (κ3) is 51.6. The lowest BCUT2D eigenvalue weighted by Gasteiger charge is -2.18. The second-order valence-electron chi connectivity index (χ2n) is 20.5. The Morgan fingerprint density at radius 2 is 0.538 bits per heavy atom. The summed E-state index contributed by atoms with van der Waals surface area (Å²) in [5, 5.41) is 0. The zero-order valence-corrected chi connectivity index (χ0v) is 44.5. The standard InChI is InChI=1S/C59H114O6/c1-5-8-10-12-14-16-18-20-22-24-25-26-28-29-31-33-38-42-46-50-57(60)63-53-56(54-64-58(61)51-47-43-39-36-35-37-41-45-49-55(4)7-3)65-59(62)52-48-44-40-34-32-30-27-23-21-19-17-15-13-11-9-6-2/h55-56H,5-54H2,1-4H3/t55?,56-/m0/s1. The molecule has 0 spiro atoms. The highest BCUT2D eigenvalue weighted by atomic mass is 16.6. The number of hydrogen-bond acceptors (Lipinski definition) is 6. The summed E-state index contributed by atoms with van der Waals surface area (Å²) >= 11 is 0. The van der Waals surface area contributed by atoms with E-state index in [1.54, 1.807) is 0 Å². The molecule has 65 heavy (non-hydrogen) atoms. The molecule has 0 fully saturated rings. The van der Waals surface area contributed by atoms with Crippen molar-refractivity contribution in [2.75, 3.05) is 13.2 Å². The first-order valence-corrected chi connectivity index (χ1v) is 29.4. The molecule has 0 aliphatic heterocycles. The van der Waals surface area contributed by atoms with E-state index >= 15 is 0 Å². The van der Waals surface area contributed by atoms with Gasteiger partial charge in [-0.2, -0.15) is 0 Å². The van der Waals surface area contributed by atoms with Crippen LogP contribution in [0.1, 0.15) is 336 Å². The molecular weight excluding hydrogens is 805 g/mol. The Balaban J connectivity index is 4.26. The number of unbranched alkanes of at least 4 members (excludes halogenated alkanes) is 40. The first-order valence-electron chi connectivity index (χ1n) is 29.4. The molecule has 386 valence electrons. The Kier molecular flexibility index (Phi) is 52.1. The summed E-state index contributed by atoms with van der Waals surface area (Å²) in [7, 11) is 0. The third-order valence-electron chi connectivity index (χ3n) is 13.9. The highest BCUT2D eigenvalue weighted by Gasteiger charge is 2.19. The van der Waals surface area contributed by atoms with E-state index in [1.807, 2.05) is 0 Å². The van der Waals surface area contributed by atoms with Crippen LogP contribution >= 0.6 is 0 Å². The topological polar surface area (TPSA) is 78.9 Å². The fourth-order valence-electron chi connectivity index (χ4n) is 9.07. The Morgan fingerprint density at radius 1 is 0.308 bits per heavy atom. The van der Waals surface area contributed by atoms with E-state index in [9.17, 15) is 14.4 Å². The highest BCUT2D eigenvalue weighted by Crippen LogP contribution is 2.18. The van der Waals surface area contributed by atoms with Crippen LogP contribution in [0.2, 0.25) is 0 Å². The minimum absolute atomic E-state index is 0.0622. The number of carbonyl (C=O) groups excluding carboxylic acids is 3. The van der Waals surface area contributed by atoms with E-state index in [-0.39, 0.29) is 31.1 Å². The van der Waals surface area contributed by atoms with Crippen molar-refractivity contribution in [1.29, 1.82) is 0 Å². The molecule has 0 aromatic carbocycles. The molecule has 0 radical (unpaired) electrons. The fraction of sp³-hybridized carbons (Fsp3) is 0.949. The van der Waals surface area contributed by atoms with Crippen molar-refractivity contribution in [2.45, 2.75) is 342 Å². The van der Waals surface area contributed by atoms with Crippen LogP contribution in [0.3, 0.4) is 0 Å². The number of carbonyl (C=O) groups is 3. The van der Waals surface area contributed by atoms with Crippen molar-refractivity contribution in [3.8, 4) is 0 Å². The van der Waals surface area contributed by atoms with Gasteiger partial charge in [-0.1, -0.05) is 297 Å². The molecule has 0 aliphatic rings. The van der Waals surface area contributed by atoms with E-state index < -0.39 is 6.10 Å². The molecule has 0 aromatic heterocycles. The number of esters is 3. The second kappa shape index (κ2) is 53.4. The first-order chi connectivity index (χ1) is 31.9. The highest BCUT2D eigenvalue weighted by molar-refractivity contribution is 5.71. The van der Waals surface area contributed by atoms with Gasteiger partial charge in [0.2, 0.25) is 0 Å². The Labute approximate surface area is 406 Å². The van der Waals surface area contributed by atoms with Crippen LogP contribution in [0, 0.1) is 5.92 Å². The molecule has 0 N–H and O–H groups in total. The Morgan fingerprint density at radius 3 is 0.800 bits per heavy atom. The monoisotopic (exact) mass is 919 g/mol. The van der Waals surface area contributed by atoms with Gasteiger partial charge in [0.05, 0.1) is 0 Å². The number of ether oxygens (including phenoxy) is 3. The molecular formula is C59H114O6. The normalized spacial score (nSPS) is 12.4. The van der Waals surface area contributed by atoms with Gasteiger partial charge in [0.25, 0.3) is 0 Å². The first kappa shape index (κ1) is 63.4. The average molecular weight is 920 g/mol. The summed E-state index contributed by atoms with van der Waals surface area (Å²) < 4.78 is 16.9. The van der Waals surface area contributed by atoms with Gasteiger partial charge < -0.3 is 14.2 Å². The summed E-state index contributed by atoms with van der Waals surface area (Å²) in [4.78, 5) is 38.1. The predicted octanol–water partition coefficient (Wildman–Crippen LogP) is 19.4. The lowest BCUT2D eigenvalue weighted by Crippen LogP contribution is -2.30. The van der Waals surface area contributed by atoms with Gasteiger partial charge in [0.1, 0.15) is 13.2 Å². The van der Waals surface area contributed by atoms with Crippen LogP contribution in [0.15, 0.2) is 0 Å². The number of hydrogen-bond donors (Lipinski definition) is 0. The van der Waals surface area contributed by atoms with Gasteiger partial charge >= 0.3 is 17.9 Å². The quantitative estimate of drug-likeness (QED) is 0.0344. The molecule has 0 aromatic rings. The minimum atomic E-state index is -0.762. The molecule has 0 heterocycles. The maximum atomic E-state index is 12.8. The minimum Gasteiger partial charge on any atom is -0.462 e.